The number of benzene rings is 6. The number of hydrogen-bond acceptors (Lipinski definition) is 8. The van der Waals surface area contributed by atoms with Crippen molar-refractivity contribution < 1.29 is 37.9 Å². The molecule has 6 aromatic rings. The minimum atomic E-state index is -0.529. The molecule has 8 nitrogen and oxygen atoms in total. The summed E-state index contributed by atoms with van der Waals surface area (Å²) in [7, 11) is 1.67. The fourth-order valence-corrected chi connectivity index (χ4v) is 7.81. The molecule has 6 aromatic carbocycles. The molecule has 0 amide bonds. The Hall–Kier alpha value is -5.42. The van der Waals surface area contributed by atoms with Gasteiger partial charge in [0, 0.05) is 0 Å². The molecule has 1 fully saturated rings. The minimum Gasteiger partial charge on any atom is -0.497 e. The molecule has 1 heterocycles. The van der Waals surface area contributed by atoms with Crippen LogP contribution in [0.2, 0.25) is 0 Å². The average molecular weight is 849 g/mol. The summed E-state index contributed by atoms with van der Waals surface area (Å²) in [6, 6.07) is 58.9. The molecule has 0 bridgehead atoms. The third kappa shape index (κ3) is 14.3. The third-order valence-electron chi connectivity index (χ3n) is 11.2. The van der Waals surface area contributed by atoms with Crippen molar-refractivity contribution in [2.24, 2.45) is 0 Å². The van der Waals surface area contributed by atoms with E-state index in [-0.39, 0.29) is 12.7 Å². The van der Waals surface area contributed by atoms with Crippen LogP contribution < -0.4 is 4.74 Å². The van der Waals surface area contributed by atoms with Crippen LogP contribution in [0.4, 0.5) is 0 Å². The third-order valence-corrected chi connectivity index (χ3v) is 11.2. The second kappa shape index (κ2) is 25.0. The van der Waals surface area contributed by atoms with Crippen molar-refractivity contribution in [3.8, 4) is 5.75 Å². The van der Waals surface area contributed by atoms with Crippen LogP contribution in [0.1, 0.15) is 46.2 Å². The standard InChI is InChI=1S/C55H60O8/c1-3-49(58-36-43-21-11-5-12-22-43)50(59-37-47-29-31-48(56-2)32-30-47)33-34-51-53(60-38-44-23-13-6-14-24-44)55(62-40-46-27-17-8-18-28-46)54(61-39-45-25-15-7-16-26-45)52(63-51)41-57-35-42-19-9-4-10-20-42/h3-32,49-55H,1,33-41H2,2H3/t49-,50-,51+,52-,53+,54+,55-/m1/s1. The van der Waals surface area contributed by atoms with Crippen LogP contribution in [0.25, 0.3) is 0 Å². The molecule has 1 saturated heterocycles. The zero-order valence-corrected chi connectivity index (χ0v) is 36.2. The zero-order chi connectivity index (χ0) is 43.3. The maximum atomic E-state index is 7.20. The lowest BCUT2D eigenvalue weighted by Gasteiger charge is -2.46. The molecule has 7 rings (SSSR count). The van der Waals surface area contributed by atoms with Gasteiger partial charge in [0.2, 0.25) is 0 Å². The van der Waals surface area contributed by atoms with Gasteiger partial charge in [-0.2, -0.15) is 0 Å². The van der Waals surface area contributed by atoms with Crippen LogP contribution in [0.5, 0.6) is 5.75 Å². The van der Waals surface area contributed by atoms with E-state index in [9.17, 15) is 0 Å². The molecular formula is C55H60O8. The van der Waals surface area contributed by atoms with Crippen molar-refractivity contribution >= 4 is 0 Å². The molecule has 1 aliphatic rings. The molecule has 328 valence electrons. The van der Waals surface area contributed by atoms with Crippen molar-refractivity contribution in [1.29, 1.82) is 0 Å². The Morgan fingerprint density at radius 2 is 0.889 bits per heavy atom. The van der Waals surface area contributed by atoms with E-state index in [1.54, 1.807) is 7.11 Å². The molecule has 0 spiro atoms. The van der Waals surface area contributed by atoms with E-state index in [0.29, 0.717) is 52.5 Å². The molecule has 7 atom stereocenters. The number of methoxy groups -OCH3 is 1. The Morgan fingerprint density at radius 3 is 1.37 bits per heavy atom. The van der Waals surface area contributed by atoms with Gasteiger partial charge in [-0.25, -0.2) is 0 Å². The molecule has 1 aliphatic heterocycles. The summed E-state index contributed by atoms with van der Waals surface area (Å²) >= 11 is 0. The SMILES string of the molecule is C=C[C@@H](OCc1ccccc1)[C@@H](CC[C@@H]1O[C@H](COCc2ccccc2)[C@H](OCc2ccccc2)[C@H](OCc2ccccc2)[C@H]1OCc1ccccc1)OCc1ccc(OC)cc1. The summed E-state index contributed by atoms with van der Waals surface area (Å²) in [5.41, 5.74) is 6.33. The van der Waals surface area contributed by atoms with Crippen LogP contribution in [-0.2, 0) is 72.8 Å². The smallest absolute Gasteiger partial charge is 0.118 e. The van der Waals surface area contributed by atoms with Gasteiger partial charge in [0.1, 0.15) is 36.3 Å². The molecule has 8 heteroatoms. The Morgan fingerprint density at radius 1 is 0.476 bits per heavy atom. The van der Waals surface area contributed by atoms with E-state index in [4.69, 9.17) is 37.9 Å². The Balaban J connectivity index is 1.19. The molecule has 0 radical (unpaired) electrons. The van der Waals surface area contributed by atoms with Gasteiger partial charge in [-0.15, -0.1) is 6.58 Å². The van der Waals surface area contributed by atoms with Gasteiger partial charge in [0.15, 0.2) is 0 Å². The summed E-state index contributed by atoms with van der Waals surface area (Å²) in [5.74, 6) is 0.791. The number of ether oxygens (including phenoxy) is 8. The summed E-state index contributed by atoms with van der Waals surface area (Å²) in [6.45, 7) is 6.81. The maximum absolute atomic E-state index is 7.20. The van der Waals surface area contributed by atoms with Gasteiger partial charge in [-0.1, -0.05) is 170 Å². The van der Waals surface area contributed by atoms with E-state index in [2.05, 4.69) is 67.2 Å². The monoisotopic (exact) mass is 848 g/mol. The second-order valence-corrected chi connectivity index (χ2v) is 15.8. The molecule has 0 aliphatic carbocycles. The highest BCUT2D eigenvalue weighted by atomic mass is 16.6. The summed E-state index contributed by atoms with van der Waals surface area (Å²) < 4.78 is 53.3. The predicted octanol–water partition coefficient (Wildman–Crippen LogP) is 10.9. The lowest BCUT2D eigenvalue weighted by molar-refractivity contribution is -0.274. The second-order valence-electron chi connectivity index (χ2n) is 15.8. The van der Waals surface area contributed by atoms with E-state index < -0.39 is 36.6 Å². The molecule has 0 N–H and O–H groups in total. The molecule has 0 aromatic heterocycles. The fourth-order valence-electron chi connectivity index (χ4n) is 7.81. The highest BCUT2D eigenvalue weighted by molar-refractivity contribution is 5.27. The largest absolute Gasteiger partial charge is 0.497 e. The van der Waals surface area contributed by atoms with Crippen LogP contribution >= 0.6 is 0 Å². The highest BCUT2D eigenvalue weighted by Gasteiger charge is 2.48. The Kier molecular flexibility index (Phi) is 18.1. The highest BCUT2D eigenvalue weighted by Crippen LogP contribution is 2.34. The topological polar surface area (TPSA) is 73.8 Å². The van der Waals surface area contributed by atoms with Gasteiger partial charge in [0.05, 0.1) is 65.6 Å². The van der Waals surface area contributed by atoms with Crippen LogP contribution in [-0.4, -0.2) is 56.4 Å². The van der Waals surface area contributed by atoms with Gasteiger partial charge in [-0.05, 0) is 58.4 Å². The quantitative estimate of drug-likeness (QED) is 0.0528. The first-order valence-corrected chi connectivity index (χ1v) is 21.9. The summed E-state index contributed by atoms with van der Waals surface area (Å²) in [4.78, 5) is 0. The van der Waals surface area contributed by atoms with Crippen molar-refractivity contribution in [3.63, 3.8) is 0 Å². The van der Waals surface area contributed by atoms with Crippen LogP contribution in [0.15, 0.2) is 189 Å². The van der Waals surface area contributed by atoms with E-state index >= 15 is 0 Å². The van der Waals surface area contributed by atoms with E-state index in [0.717, 1.165) is 39.1 Å². The Labute approximate surface area is 373 Å². The first-order valence-electron chi connectivity index (χ1n) is 21.9. The molecule has 0 saturated carbocycles. The van der Waals surface area contributed by atoms with E-state index in [1.165, 1.54) is 0 Å². The molecule has 63 heavy (non-hydrogen) atoms. The fraction of sp³-hybridized carbons (Fsp3) is 0.309. The lowest BCUT2D eigenvalue weighted by Crippen LogP contribution is -2.61. The average Bonchev–Trinajstić information content (AvgIpc) is 3.35. The van der Waals surface area contributed by atoms with Gasteiger partial charge in [-0.3, -0.25) is 0 Å². The van der Waals surface area contributed by atoms with Crippen molar-refractivity contribution in [1.82, 2.24) is 0 Å². The summed E-state index contributed by atoms with van der Waals surface area (Å²) in [5, 5.41) is 0. The molecular weight excluding hydrogens is 789 g/mol. The number of hydrogen-bond donors (Lipinski definition) is 0. The minimum absolute atomic E-state index is 0.286. The Bertz CT molecular complexity index is 2140. The predicted molar refractivity (Wildman–Crippen MR) is 246 cm³/mol. The van der Waals surface area contributed by atoms with E-state index in [1.807, 2.05) is 121 Å². The maximum Gasteiger partial charge on any atom is 0.118 e. The lowest BCUT2D eigenvalue weighted by atomic mass is 9.90. The zero-order valence-electron chi connectivity index (χ0n) is 36.2. The van der Waals surface area contributed by atoms with Crippen molar-refractivity contribution in [2.45, 2.75) is 95.2 Å². The summed E-state index contributed by atoms with van der Waals surface area (Å²) in [6.07, 6.45) is -0.271. The normalized spacial score (nSPS) is 19.5. The first kappa shape index (κ1) is 45.6. The van der Waals surface area contributed by atoms with Crippen LogP contribution in [0.3, 0.4) is 0 Å². The number of rotatable bonds is 25. The first-order chi connectivity index (χ1) is 31.1. The van der Waals surface area contributed by atoms with Gasteiger partial charge >= 0.3 is 0 Å². The van der Waals surface area contributed by atoms with Crippen LogP contribution in [0, 0.1) is 0 Å². The van der Waals surface area contributed by atoms with Gasteiger partial charge in [0.25, 0.3) is 0 Å². The van der Waals surface area contributed by atoms with Crippen molar-refractivity contribution in [2.75, 3.05) is 13.7 Å². The molecule has 0 unspecified atom stereocenters. The van der Waals surface area contributed by atoms with Crippen molar-refractivity contribution in [3.05, 3.63) is 222 Å². The van der Waals surface area contributed by atoms with Gasteiger partial charge < -0.3 is 37.9 Å².